The summed E-state index contributed by atoms with van der Waals surface area (Å²) in [5, 5.41) is 2.95. The van der Waals surface area contributed by atoms with Crippen molar-refractivity contribution in [2.24, 2.45) is 0 Å². The van der Waals surface area contributed by atoms with Crippen LogP contribution in [0.4, 0.5) is 18.9 Å². The quantitative estimate of drug-likeness (QED) is 0.376. The van der Waals surface area contributed by atoms with Crippen LogP contribution in [0.5, 0.6) is 0 Å². The monoisotopic (exact) mass is 488 g/mol. The smallest absolute Gasteiger partial charge is 0.322 e. The topological polar surface area (TPSA) is 58.1 Å². The lowest BCUT2D eigenvalue weighted by Gasteiger charge is -2.28. The maximum atomic E-state index is 13.1. The number of halogens is 3. The second kappa shape index (κ2) is 9.91. The van der Waals surface area contributed by atoms with E-state index in [1.807, 2.05) is 18.2 Å². The van der Waals surface area contributed by atoms with Gasteiger partial charge in [0.05, 0.1) is 12.1 Å². The Morgan fingerprint density at radius 1 is 0.917 bits per heavy atom. The number of hydrogen-bond donors (Lipinski definition) is 1. The molecule has 1 amide bonds. The van der Waals surface area contributed by atoms with Crippen LogP contribution in [0.25, 0.3) is 11.1 Å². The molecular formula is C28H23F3N4O. The van der Waals surface area contributed by atoms with Gasteiger partial charge in [-0.05, 0) is 65.1 Å². The summed E-state index contributed by atoms with van der Waals surface area (Å²) in [6.45, 7) is 2.32. The van der Waals surface area contributed by atoms with E-state index < -0.39 is 11.7 Å². The number of carbonyl (C=O) groups is 1. The summed E-state index contributed by atoms with van der Waals surface area (Å²) in [6, 6.07) is 19.4. The SMILES string of the molecule is O=C(Nc1ccc2c(c1)CCN(Cc1ncccn1)C2)c1ccccc1-c1ccc(C(F)(F)F)cc1. The van der Waals surface area contributed by atoms with Crippen LogP contribution in [-0.2, 0) is 25.7 Å². The fourth-order valence-corrected chi connectivity index (χ4v) is 4.41. The number of rotatable bonds is 5. The van der Waals surface area contributed by atoms with E-state index in [4.69, 9.17) is 0 Å². The van der Waals surface area contributed by atoms with Crippen molar-refractivity contribution in [3.63, 3.8) is 0 Å². The highest BCUT2D eigenvalue weighted by atomic mass is 19.4. The first-order chi connectivity index (χ1) is 17.4. The van der Waals surface area contributed by atoms with Gasteiger partial charge in [-0.3, -0.25) is 9.69 Å². The summed E-state index contributed by atoms with van der Waals surface area (Å²) in [7, 11) is 0. The molecule has 1 aliphatic rings. The molecule has 0 fully saturated rings. The zero-order valence-corrected chi connectivity index (χ0v) is 19.3. The second-order valence-corrected chi connectivity index (χ2v) is 8.68. The van der Waals surface area contributed by atoms with Gasteiger partial charge in [0.1, 0.15) is 5.82 Å². The molecular weight excluding hydrogens is 465 g/mol. The second-order valence-electron chi connectivity index (χ2n) is 8.68. The largest absolute Gasteiger partial charge is 0.416 e. The highest BCUT2D eigenvalue weighted by Gasteiger charge is 2.30. The third kappa shape index (κ3) is 5.28. The van der Waals surface area contributed by atoms with Gasteiger partial charge in [-0.1, -0.05) is 36.4 Å². The van der Waals surface area contributed by atoms with E-state index in [1.54, 1.807) is 42.7 Å². The van der Waals surface area contributed by atoms with E-state index in [-0.39, 0.29) is 5.91 Å². The number of carbonyl (C=O) groups excluding carboxylic acids is 1. The molecule has 182 valence electrons. The molecule has 8 heteroatoms. The van der Waals surface area contributed by atoms with Crippen molar-refractivity contribution >= 4 is 11.6 Å². The number of hydrogen-bond acceptors (Lipinski definition) is 4. The van der Waals surface area contributed by atoms with Gasteiger partial charge < -0.3 is 5.32 Å². The fourth-order valence-electron chi connectivity index (χ4n) is 4.41. The third-order valence-electron chi connectivity index (χ3n) is 6.23. The average Bonchev–Trinajstić information content (AvgIpc) is 2.89. The molecule has 5 nitrogen and oxygen atoms in total. The Kier molecular flexibility index (Phi) is 6.52. The highest BCUT2D eigenvalue weighted by molar-refractivity contribution is 6.08. The van der Waals surface area contributed by atoms with Gasteiger partial charge in [-0.25, -0.2) is 9.97 Å². The number of amides is 1. The summed E-state index contributed by atoms with van der Waals surface area (Å²) >= 11 is 0. The van der Waals surface area contributed by atoms with Crippen LogP contribution in [0, 0.1) is 0 Å². The molecule has 0 saturated heterocycles. The van der Waals surface area contributed by atoms with Crippen LogP contribution in [0.15, 0.2) is 85.2 Å². The van der Waals surface area contributed by atoms with Gasteiger partial charge >= 0.3 is 6.18 Å². The zero-order chi connectivity index (χ0) is 25.1. The number of anilines is 1. The molecule has 0 aliphatic carbocycles. The molecule has 0 radical (unpaired) electrons. The molecule has 2 heterocycles. The minimum Gasteiger partial charge on any atom is -0.322 e. The van der Waals surface area contributed by atoms with E-state index in [2.05, 4.69) is 20.2 Å². The lowest BCUT2D eigenvalue weighted by molar-refractivity contribution is -0.137. The molecule has 0 atom stereocenters. The summed E-state index contributed by atoms with van der Waals surface area (Å²) in [5.74, 6) is 0.473. The standard InChI is InChI=1S/C28H23F3N4O/c29-28(30,31)22-9-6-19(7-10-22)24-4-1-2-5-25(24)27(36)34-23-11-8-21-17-35(15-12-20(21)16-23)18-26-32-13-3-14-33-26/h1-11,13-14,16H,12,15,17-18H2,(H,34,36). The molecule has 0 saturated carbocycles. The number of nitrogens with one attached hydrogen (secondary N) is 1. The molecule has 0 unspecified atom stereocenters. The molecule has 1 aromatic heterocycles. The summed E-state index contributed by atoms with van der Waals surface area (Å²) in [4.78, 5) is 24.0. The number of benzene rings is 3. The number of nitrogens with zero attached hydrogens (tertiary/aromatic N) is 3. The molecule has 0 spiro atoms. The maximum absolute atomic E-state index is 13.1. The minimum absolute atomic E-state index is 0.316. The van der Waals surface area contributed by atoms with Crippen molar-refractivity contribution in [2.45, 2.75) is 25.7 Å². The summed E-state index contributed by atoms with van der Waals surface area (Å²) < 4.78 is 38.8. The van der Waals surface area contributed by atoms with Gasteiger partial charge in [-0.2, -0.15) is 13.2 Å². The molecule has 1 N–H and O–H groups in total. The highest BCUT2D eigenvalue weighted by Crippen LogP contribution is 2.32. The van der Waals surface area contributed by atoms with E-state index in [9.17, 15) is 18.0 Å². The fraction of sp³-hybridized carbons (Fsp3) is 0.179. The Hall–Kier alpha value is -4.04. The Morgan fingerprint density at radius 3 is 2.42 bits per heavy atom. The van der Waals surface area contributed by atoms with Gasteiger partial charge in [0, 0.05) is 36.7 Å². The zero-order valence-electron chi connectivity index (χ0n) is 19.3. The number of fused-ring (bicyclic) bond motifs is 1. The van der Waals surface area contributed by atoms with Crippen LogP contribution in [0.1, 0.15) is 32.9 Å². The molecule has 1 aliphatic heterocycles. The van der Waals surface area contributed by atoms with Crippen molar-refractivity contribution in [3.05, 3.63) is 113 Å². The maximum Gasteiger partial charge on any atom is 0.416 e. The number of alkyl halides is 3. The Bertz CT molecular complexity index is 1370. The van der Waals surface area contributed by atoms with Gasteiger partial charge in [-0.15, -0.1) is 0 Å². The van der Waals surface area contributed by atoms with Crippen molar-refractivity contribution in [1.29, 1.82) is 0 Å². The first kappa shape index (κ1) is 23.7. The van der Waals surface area contributed by atoms with Crippen LogP contribution in [0.3, 0.4) is 0 Å². The lowest BCUT2D eigenvalue weighted by Crippen LogP contribution is -2.30. The van der Waals surface area contributed by atoms with Gasteiger partial charge in [0.25, 0.3) is 5.91 Å². The summed E-state index contributed by atoms with van der Waals surface area (Å²) in [5.41, 5.74) is 3.83. The lowest BCUT2D eigenvalue weighted by atomic mass is 9.97. The normalized spacial score (nSPS) is 13.8. The predicted octanol–water partition coefficient (Wildman–Crippen LogP) is 5.97. The molecule has 5 rings (SSSR count). The van der Waals surface area contributed by atoms with E-state index >= 15 is 0 Å². The van der Waals surface area contributed by atoms with Gasteiger partial charge in [0.15, 0.2) is 0 Å². The van der Waals surface area contributed by atoms with Crippen molar-refractivity contribution in [1.82, 2.24) is 14.9 Å². The summed E-state index contributed by atoms with van der Waals surface area (Å²) in [6.07, 6.45) is -0.0853. The van der Waals surface area contributed by atoms with E-state index in [0.717, 1.165) is 37.5 Å². The Balaban J connectivity index is 1.30. The first-order valence-corrected chi connectivity index (χ1v) is 11.5. The van der Waals surface area contributed by atoms with Crippen molar-refractivity contribution in [3.8, 4) is 11.1 Å². The number of aromatic nitrogens is 2. The third-order valence-corrected chi connectivity index (χ3v) is 6.23. The Labute approximate surface area is 206 Å². The van der Waals surface area contributed by atoms with Gasteiger partial charge in [0.2, 0.25) is 0 Å². The van der Waals surface area contributed by atoms with Crippen LogP contribution < -0.4 is 5.32 Å². The Morgan fingerprint density at radius 2 is 1.67 bits per heavy atom. The van der Waals surface area contributed by atoms with E-state index in [1.165, 1.54) is 23.3 Å². The van der Waals surface area contributed by atoms with Crippen LogP contribution in [-0.4, -0.2) is 27.3 Å². The average molecular weight is 489 g/mol. The van der Waals surface area contributed by atoms with Crippen LogP contribution in [0.2, 0.25) is 0 Å². The molecule has 0 bridgehead atoms. The molecule has 4 aromatic rings. The predicted molar refractivity (Wildman–Crippen MR) is 131 cm³/mol. The van der Waals surface area contributed by atoms with E-state index in [0.29, 0.717) is 28.9 Å². The minimum atomic E-state index is -4.41. The van der Waals surface area contributed by atoms with Crippen LogP contribution >= 0.6 is 0 Å². The van der Waals surface area contributed by atoms with Crippen molar-refractivity contribution in [2.75, 3.05) is 11.9 Å². The molecule has 3 aromatic carbocycles. The van der Waals surface area contributed by atoms with Crippen molar-refractivity contribution < 1.29 is 18.0 Å². The first-order valence-electron chi connectivity index (χ1n) is 11.5. The molecule has 36 heavy (non-hydrogen) atoms.